The van der Waals surface area contributed by atoms with Gasteiger partial charge < -0.3 is 19.3 Å². The Morgan fingerprint density at radius 1 is 0.879 bits per heavy atom. The van der Waals surface area contributed by atoms with E-state index in [0.29, 0.717) is 11.1 Å². The summed E-state index contributed by atoms with van der Waals surface area (Å²) >= 11 is 0. The average Bonchev–Trinajstić information content (AvgIpc) is 3.04. The summed E-state index contributed by atoms with van der Waals surface area (Å²) in [6.45, 7) is -0.443. The zero-order chi connectivity index (χ0) is 24.2. The summed E-state index contributed by atoms with van der Waals surface area (Å²) in [5.74, 6) is -0.872. The summed E-state index contributed by atoms with van der Waals surface area (Å²) in [4.78, 5) is 12.6. The van der Waals surface area contributed by atoms with Crippen LogP contribution < -0.4 is 0 Å². The highest BCUT2D eigenvalue weighted by Gasteiger charge is 2.37. The van der Waals surface area contributed by atoms with Crippen molar-refractivity contribution in [3.05, 3.63) is 71.2 Å². The molecule has 0 saturated carbocycles. The van der Waals surface area contributed by atoms with Gasteiger partial charge in [-0.2, -0.15) is 0 Å². The number of ether oxygens (including phenoxy) is 3. The molecule has 1 N–H and O–H groups in total. The minimum atomic E-state index is -3.41. The summed E-state index contributed by atoms with van der Waals surface area (Å²) in [6, 6.07) is 12.3. The zero-order valence-corrected chi connectivity index (χ0v) is 19.7. The minimum Gasteiger partial charge on any atom is -0.485 e. The highest BCUT2D eigenvalue weighted by molar-refractivity contribution is 7.91. The van der Waals surface area contributed by atoms with Gasteiger partial charge in [-0.1, -0.05) is 24.3 Å². The van der Waals surface area contributed by atoms with Crippen LogP contribution in [0.1, 0.15) is 17.5 Å². The molecule has 3 rings (SSSR count). The van der Waals surface area contributed by atoms with Crippen LogP contribution in [0.15, 0.2) is 69.8 Å². The predicted octanol–water partition coefficient (Wildman–Crippen LogP) is 1.75. The third-order valence-electron chi connectivity index (χ3n) is 4.77. The molecule has 0 aliphatic carbocycles. The van der Waals surface area contributed by atoms with Gasteiger partial charge in [-0.05, 0) is 35.4 Å². The van der Waals surface area contributed by atoms with Gasteiger partial charge in [-0.15, -0.1) is 0 Å². The smallest absolute Gasteiger partial charge is 0.378 e. The van der Waals surface area contributed by atoms with Crippen molar-refractivity contribution in [1.29, 1.82) is 0 Å². The summed E-state index contributed by atoms with van der Waals surface area (Å²) in [5.41, 5.74) is 1.07. The SMILES string of the molecule is CS(=O)(=O)c1cccc(COC2=C(OCc3cccc(S(C)(=O)=O)c3)C(CCO)OC2=O)c1. The quantitative estimate of drug-likeness (QED) is 0.488. The lowest BCUT2D eigenvalue weighted by molar-refractivity contribution is -0.143. The lowest BCUT2D eigenvalue weighted by Crippen LogP contribution is -2.15. The van der Waals surface area contributed by atoms with Gasteiger partial charge in [0.15, 0.2) is 31.5 Å². The molecule has 0 radical (unpaired) electrons. The largest absolute Gasteiger partial charge is 0.485 e. The van der Waals surface area contributed by atoms with Gasteiger partial charge >= 0.3 is 5.97 Å². The van der Waals surface area contributed by atoms with Crippen molar-refractivity contribution >= 4 is 25.6 Å². The number of carbonyl (C=O) groups excluding carboxylic acids is 1. The first-order valence-electron chi connectivity index (χ1n) is 9.88. The van der Waals surface area contributed by atoms with Crippen LogP contribution in [0.2, 0.25) is 0 Å². The summed E-state index contributed by atoms with van der Waals surface area (Å²) in [5, 5.41) is 9.31. The first kappa shape index (κ1) is 24.7. The van der Waals surface area contributed by atoms with Crippen LogP contribution in [0.3, 0.4) is 0 Å². The van der Waals surface area contributed by atoms with Crippen molar-refractivity contribution in [3.8, 4) is 0 Å². The molecule has 11 heteroatoms. The number of aliphatic hydroxyl groups excluding tert-OH is 1. The van der Waals surface area contributed by atoms with Crippen molar-refractivity contribution in [3.63, 3.8) is 0 Å². The van der Waals surface area contributed by atoms with Gasteiger partial charge in [-0.25, -0.2) is 21.6 Å². The second-order valence-corrected chi connectivity index (χ2v) is 11.5. The number of hydrogen-bond donors (Lipinski definition) is 1. The van der Waals surface area contributed by atoms with E-state index in [4.69, 9.17) is 14.2 Å². The van der Waals surface area contributed by atoms with Gasteiger partial charge in [0.25, 0.3) is 0 Å². The number of sulfone groups is 2. The molecule has 0 fully saturated rings. The molecule has 1 atom stereocenters. The van der Waals surface area contributed by atoms with E-state index in [1.54, 1.807) is 24.3 Å². The van der Waals surface area contributed by atoms with Crippen molar-refractivity contribution in [2.75, 3.05) is 19.1 Å². The van der Waals surface area contributed by atoms with Crippen LogP contribution in [0.5, 0.6) is 0 Å². The second kappa shape index (κ2) is 9.94. The molecule has 33 heavy (non-hydrogen) atoms. The average molecular weight is 497 g/mol. The Labute approximate surface area is 192 Å². The summed E-state index contributed by atoms with van der Waals surface area (Å²) < 4.78 is 63.8. The minimum absolute atomic E-state index is 0.0618. The molecule has 1 aliphatic rings. The fourth-order valence-corrected chi connectivity index (χ4v) is 4.51. The topological polar surface area (TPSA) is 133 Å². The first-order valence-corrected chi connectivity index (χ1v) is 13.7. The Morgan fingerprint density at radius 3 is 1.88 bits per heavy atom. The van der Waals surface area contributed by atoms with Crippen molar-refractivity contribution in [2.45, 2.75) is 35.5 Å². The molecule has 2 aromatic carbocycles. The standard InChI is InChI=1S/C22H24O9S2/c1-32(25,26)17-7-3-5-15(11-17)13-29-20-19(9-10-23)31-22(24)21(20)30-14-16-6-4-8-18(12-16)33(2,27)28/h3-8,11-12,19,23H,9-10,13-14H2,1-2H3. The fraction of sp³-hybridized carbons (Fsp3) is 0.318. The molecule has 1 unspecified atom stereocenters. The zero-order valence-electron chi connectivity index (χ0n) is 18.1. The van der Waals surface area contributed by atoms with Crippen LogP contribution in [-0.2, 0) is 51.9 Å². The van der Waals surface area contributed by atoms with E-state index >= 15 is 0 Å². The van der Waals surface area contributed by atoms with Crippen LogP contribution >= 0.6 is 0 Å². The Balaban J connectivity index is 1.82. The number of esters is 1. The molecular weight excluding hydrogens is 472 g/mol. The maximum atomic E-state index is 12.4. The maximum absolute atomic E-state index is 12.4. The maximum Gasteiger partial charge on any atom is 0.378 e. The monoisotopic (exact) mass is 496 g/mol. The number of benzene rings is 2. The van der Waals surface area contributed by atoms with Gasteiger partial charge in [0.05, 0.1) is 9.79 Å². The van der Waals surface area contributed by atoms with Crippen LogP contribution in [0, 0.1) is 0 Å². The summed E-state index contributed by atoms with van der Waals surface area (Å²) in [6.07, 6.45) is 1.41. The highest BCUT2D eigenvalue weighted by atomic mass is 32.2. The van der Waals surface area contributed by atoms with Crippen molar-refractivity contribution in [1.82, 2.24) is 0 Å². The van der Waals surface area contributed by atoms with E-state index in [2.05, 4.69) is 0 Å². The number of hydrogen-bond acceptors (Lipinski definition) is 9. The molecule has 0 aromatic heterocycles. The molecule has 0 bridgehead atoms. The van der Waals surface area contributed by atoms with Crippen LogP contribution in [0.4, 0.5) is 0 Å². The fourth-order valence-electron chi connectivity index (χ4n) is 3.13. The first-order chi connectivity index (χ1) is 15.5. The van der Waals surface area contributed by atoms with E-state index in [1.165, 1.54) is 24.3 Å². The number of rotatable bonds is 10. The number of carbonyl (C=O) groups is 1. The van der Waals surface area contributed by atoms with Gasteiger partial charge in [0, 0.05) is 25.5 Å². The molecule has 1 heterocycles. The van der Waals surface area contributed by atoms with E-state index in [0.717, 1.165) is 12.5 Å². The van der Waals surface area contributed by atoms with Crippen molar-refractivity contribution in [2.24, 2.45) is 0 Å². The molecule has 178 valence electrons. The Morgan fingerprint density at radius 2 is 1.39 bits per heavy atom. The van der Waals surface area contributed by atoms with Crippen molar-refractivity contribution < 1.29 is 40.9 Å². The lowest BCUT2D eigenvalue weighted by Gasteiger charge is -2.14. The highest BCUT2D eigenvalue weighted by Crippen LogP contribution is 2.29. The summed E-state index contributed by atoms with van der Waals surface area (Å²) in [7, 11) is -6.81. The normalized spacial score (nSPS) is 16.6. The van der Waals surface area contributed by atoms with Gasteiger partial charge in [0.2, 0.25) is 5.76 Å². The molecule has 0 saturated heterocycles. The van der Waals surface area contributed by atoms with E-state index in [1.807, 2.05) is 0 Å². The van der Waals surface area contributed by atoms with Crippen LogP contribution in [-0.4, -0.2) is 53.1 Å². The number of aliphatic hydroxyl groups is 1. The third kappa shape index (κ3) is 6.34. The third-order valence-corrected chi connectivity index (χ3v) is 6.99. The molecule has 1 aliphatic heterocycles. The molecular formula is C22H24O9S2. The predicted molar refractivity (Wildman–Crippen MR) is 117 cm³/mol. The Bertz CT molecular complexity index is 1280. The molecule has 0 spiro atoms. The molecule has 9 nitrogen and oxygen atoms in total. The Kier molecular flexibility index (Phi) is 7.45. The van der Waals surface area contributed by atoms with E-state index < -0.39 is 31.7 Å². The van der Waals surface area contributed by atoms with Crippen LogP contribution in [0.25, 0.3) is 0 Å². The Hall–Kier alpha value is -2.89. The van der Waals surface area contributed by atoms with E-state index in [9.17, 15) is 26.7 Å². The molecule has 2 aromatic rings. The number of cyclic esters (lactones) is 1. The molecule has 0 amide bonds. The van der Waals surface area contributed by atoms with Gasteiger partial charge in [-0.3, -0.25) is 0 Å². The lowest BCUT2D eigenvalue weighted by atomic mass is 10.2. The van der Waals surface area contributed by atoms with E-state index in [-0.39, 0.29) is 47.6 Å². The second-order valence-electron chi connectivity index (χ2n) is 7.52. The van der Waals surface area contributed by atoms with Gasteiger partial charge in [0.1, 0.15) is 13.2 Å².